The molecule has 1 saturated heterocycles. The molecule has 0 saturated carbocycles. The van der Waals surface area contributed by atoms with Gasteiger partial charge in [0.15, 0.2) is 5.96 Å². The zero-order chi connectivity index (χ0) is 17.5. The molecule has 1 aromatic heterocycles. The highest BCUT2D eigenvalue weighted by atomic mass is 127. The molecule has 2 heterocycles. The topological polar surface area (TPSA) is 45.7 Å². The van der Waals surface area contributed by atoms with E-state index in [-0.39, 0.29) is 29.4 Å². The fraction of sp³-hybridized carbons (Fsp3) is 0.421. The van der Waals surface area contributed by atoms with Crippen LogP contribution >= 0.6 is 46.9 Å². The number of ether oxygens (including phenoxy) is 1. The van der Waals surface area contributed by atoms with Crippen molar-refractivity contribution in [2.24, 2.45) is 4.99 Å². The molecule has 0 amide bonds. The lowest BCUT2D eigenvalue weighted by atomic mass is 9.74. The molecule has 0 unspecified atom stereocenters. The molecular formula is C19H25ClIN3OS. The van der Waals surface area contributed by atoms with Crippen molar-refractivity contribution in [1.29, 1.82) is 0 Å². The number of rotatable bonds is 5. The number of hydrogen-bond acceptors (Lipinski definition) is 3. The van der Waals surface area contributed by atoms with E-state index in [0.717, 1.165) is 50.1 Å². The van der Waals surface area contributed by atoms with Gasteiger partial charge in [0.05, 0.1) is 0 Å². The van der Waals surface area contributed by atoms with E-state index in [2.05, 4.69) is 44.6 Å². The second kappa shape index (κ2) is 10.5. The van der Waals surface area contributed by atoms with Gasteiger partial charge in [0.1, 0.15) is 0 Å². The molecule has 2 N–H and O–H groups in total. The first-order chi connectivity index (χ1) is 12.2. The molecule has 0 radical (unpaired) electrons. The SMILES string of the molecule is CN=C(NCc1ccsc1)NCC1(c2ccccc2Cl)CCOCC1.I. The van der Waals surface area contributed by atoms with Gasteiger partial charge in [-0.15, -0.1) is 24.0 Å². The standard InChI is InChI=1S/C19H24ClN3OS.HI/c1-21-18(22-12-15-6-11-25-13-15)23-14-19(7-9-24-10-8-19)16-4-2-3-5-17(16)20;/h2-6,11,13H,7-10,12,14H2,1H3,(H2,21,22,23);1H. The van der Waals surface area contributed by atoms with Gasteiger partial charge in [0.25, 0.3) is 0 Å². The Morgan fingerprint density at radius 2 is 2.00 bits per heavy atom. The summed E-state index contributed by atoms with van der Waals surface area (Å²) in [6.07, 6.45) is 1.90. The first-order valence-corrected chi connectivity index (χ1v) is 9.84. The number of hydrogen-bond donors (Lipinski definition) is 2. The normalized spacial score (nSPS) is 16.6. The smallest absolute Gasteiger partial charge is 0.191 e. The van der Waals surface area contributed by atoms with Crippen LogP contribution in [0.25, 0.3) is 0 Å². The molecule has 26 heavy (non-hydrogen) atoms. The third-order valence-corrected chi connectivity index (χ3v) is 5.81. The molecule has 0 bridgehead atoms. The summed E-state index contributed by atoms with van der Waals surface area (Å²) in [6, 6.07) is 10.3. The molecule has 1 aliphatic heterocycles. The molecular weight excluding hydrogens is 481 g/mol. The van der Waals surface area contributed by atoms with Gasteiger partial charge in [-0.05, 0) is 46.9 Å². The van der Waals surface area contributed by atoms with Crippen molar-refractivity contribution in [2.75, 3.05) is 26.8 Å². The molecule has 1 fully saturated rings. The number of aliphatic imine (C=N–C) groups is 1. The number of nitrogens with zero attached hydrogens (tertiary/aromatic N) is 1. The van der Waals surface area contributed by atoms with Crippen molar-refractivity contribution >= 4 is 52.9 Å². The molecule has 4 nitrogen and oxygen atoms in total. The zero-order valence-electron chi connectivity index (χ0n) is 14.8. The van der Waals surface area contributed by atoms with Crippen LogP contribution in [0, 0.1) is 0 Å². The maximum absolute atomic E-state index is 6.51. The van der Waals surface area contributed by atoms with Gasteiger partial charge in [-0.3, -0.25) is 4.99 Å². The number of guanidine groups is 1. The van der Waals surface area contributed by atoms with Crippen LogP contribution in [0.1, 0.15) is 24.0 Å². The quantitative estimate of drug-likeness (QED) is 0.359. The Bertz CT molecular complexity index is 703. The summed E-state index contributed by atoms with van der Waals surface area (Å²) in [5.41, 5.74) is 2.43. The van der Waals surface area contributed by atoms with Crippen molar-refractivity contribution in [1.82, 2.24) is 10.6 Å². The van der Waals surface area contributed by atoms with Gasteiger partial charge in [-0.1, -0.05) is 29.8 Å². The highest BCUT2D eigenvalue weighted by molar-refractivity contribution is 14.0. The molecule has 1 aromatic carbocycles. The zero-order valence-corrected chi connectivity index (χ0v) is 18.7. The average molecular weight is 506 g/mol. The van der Waals surface area contributed by atoms with E-state index in [4.69, 9.17) is 16.3 Å². The van der Waals surface area contributed by atoms with Gasteiger partial charge in [0, 0.05) is 43.8 Å². The van der Waals surface area contributed by atoms with E-state index in [9.17, 15) is 0 Å². The molecule has 142 valence electrons. The number of nitrogens with one attached hydrogen (secondary N) is 2. The highest BCUT2D eigenvalue weighted by Crippen LogP contribution is 2.38. The summed E-state index contributed by atoms with van der Waals surface area (Å²) in [6.45, 7) is 3.07. The minimum absolute atomic E-state index is 0. The Kier molecular flexibility index (Phi) is 8.66. The first kappa shape index (κ1) is 21.5. The lowest BCUT2D eigenvalue weighted by Crippen LogP contribution is -2.48. The predicted octanol–water partition coefficient (Wildman–Crippen LogP) is 4.43. The second-order valence-corrected chi connectivity index (χ2v) is 7.47. The van der Waals surface area contributed by atoms with Crippen LogP contribution in [-0.4, -0.2) is 32.8 Å². The van der Waals surface area contributed by atoms with Crippen molar-refractivity contribution < 1.29 is 4.74 Å². The van der Waals surface area contributed by atoms with Crippen LogP contribution in [0.5, 0.6) is 0 Å². The van der Waals surface area contributed by atoms with Gasteiger partial charge in [-0.25, -0.2) is 0 Å². The Labute approximate surface area is 181 Å². The lowest BCUT2D eigenvalue weighted by molar-refractivity contribution is 0.0514. The average Bonchev–Trinajstić information content (AvgIpc) is 3.16. The van der Waals surface area contributed by atoms with E-state index >= 15 is 0 Å². The monoisotopic (exact) mass is 505 g/mol. The largest absolute Gasteiger partial charge is 0.381 e. The van der Waals surface area contributed by atoms with E-state index in [1.807, 2.05) is 12.1 Å². The summed E-state index contributed by atoms with van der Waals surface area (Å²) in [7, 11) is 1.80. The Morgan fingerprint density at radius 1 is 1.23 bits per heavy atom. The molecule has 0 aliphatic carbocycles. The van der Waals surface area contributed by atoms with Crippen molar-refractivity contribution in [3.05, 3.63) is 57.2 Å². The van der Waals surface area contributed by atoms with Crippen molar-refractivity contribution in [2.45, 2.75) is 24.8 Å². The third kappa shape index (κ3) is 5.34. The summed E-state index contributed by atoms with van der Waals surface area (Å²) in [5.74, 6) is 0.809. The fourth-order valence-electron chi connectivity index (χ4n) is 3.25. The molecule has 0 spiro atoms. The fourth-order valence-corrected chi connectivity index (χ4v) is 4.25. The van der Waals surface area contributed by atoms with E-state index in [0.29, 0.717) is 0 Å². The third-order valence-electron chi connectivity index (χ3n) is 4.75. The van der Waals surface area contributed by atoms with Crippen LogP contribution in [-0.2, 0) is 16.7 Å². The summed E-state index contributed by atoms with van der Waals surface area (Å²) < 4.78 is 5.60. The second-order valence-electron chi connectivity index (χ2n) is 6.28. The molecule has 7 heteroatoms. The maximum Gasteiger partial charge on any atom is 0.191 e. The van der Waals surface area contributed by atoms with Crippen LogP contribution in [0.3, 0.4) is 0 Å². The summed E-state index contributed by atoms with van der Waals surface area (Å²) in [4.78, 5) is 4.35. The Morgan fingerprint density at radius 3 is 2.65 bits per heavy atom. The summed E-state index contributed by atoms with van der Waals surface area (Å²) in [5, 5.41) is 11.9. The number of thiophene rings is 1. The van der Waals surface area contributed by atoms with Gasteiger partial charge in [0.2, 0.25) is 0 Å². The van der Waals surface area contributed by atoms with Crippen LogP contribution in [0.2, 0.25) is 5.02 Å². The minimum Gasteiger partial charge on any atom is -0.381 e. The van der Waals surface area contributed by atoms with Crippen molar-refractivity contribution in [3.63, 3.8) is 0 Å². The Hall–Kier alpha value is -0.830. The van der Waals surface area contributed by atoms with E-state index < -0.39 is 0 Å². The number of halogens is 2. The molecule has 1 aliphatic rings. The lowest BCUT2D eigenvalue weighted by Gasteiger charge is -2.38. The van der Waals surface area contributed by atoms with Gasteiger partial charge in [-0.2, -0.15) is 11.3 Å². The highest BCUT2D eigenvalue weighted by Gasteiger charge is 2.36. The summed E-state index contributed by atoms with van der Waals surface area (Å²) >= 11 is 8.22. The van der Waals surface area contributed by atoms with Crippen LogP contribution < -0.4 is 10.6 Å². The number of benzene rings is 1. The van der Waals surface area contributed by atoms with E-state index in [1.165, 1.54) is 11.1 Å². The maximum atomic E-state index is 6.51. The van der Waals surface area contributed by atoms with Crippen molar-refractivity contribution in [3.8, 4) is 0 Å². The molecule has 2 aromatic rings. The molecule has 0 atom stereocenters. The van der Waals surface area contributed by atoms with Gasteiger partial charge >= 0.3 is 0 Å². The van der Waals surface area contributed by atoms with Crippen LogP contribution in [0.4, 0.5) is 0 Å². The predicted molar refractivity (Wildman–Crippen MR) is 121 cm³/mol. The van der Waals surface area contributed by atoms with Gasteiger partial charge < -0.3 is 15.4 Å². The Balaban J connectivity index is 0.00000243. The van der Waals surface area contributed by atoms with E-state index in [1.54, 1.807) is 18.4 Å². The minimum atomic E-state index is -0.0312. The first-order valence-electron chi connectivity index (χ1n) is 8.52. The molecule has 3 rings (SSSR count). The van der Waals surface area contributed by atoms with Crippen LogP contribution in [0.15, 0.2) is 46.1 Å².